The second-order valence-corrected chi connectivity index (χ2v) is 7.71. The summed E-state index contributed by atoms with van der Waals surface area (Å²) in [5.74, 6) is -0.162. The first-order chi connectivity index (χ1) is 13.1. The number of amides is 2. The Morgan fingerprint density at radius 1 is 1.14 bits per heavy atom. The highest BCUT2D eigenvalue weighted by molar-refractivity contribution is 5.75. The number of hydrogen-bond acceptors (Lipinski definition) is 6. The van der Waals surface area contributed by atoms with Crippen LogP contribution in [-0.4, -0.2) is 76.2 Å². The van der Waals surface area contributed by atoms with Crippen LogP contribution in [0.2, 0.25) is 0 Å². The molecule has 1 saturated heterocycles. The summed E-state index contributed by atoms with van der Waals surface area (Å²) in [4.78, 5) is 52.5. The molecule has 0 bridgehead atoms. The van der Waals surface area contributed by atoms with Crippen molar-refractivity contribution in [3.63, 3.8) is 0 Å². The zero-order valence-electron chi connectivity index (χ0n) is 16.7. The Morgan fingerprint density at radius 3 is 2.43 bits per heavy atom. The van der Waals surface area contributed by atoms with Gasteiger partial charge >= 0.3 is 11.8 Å². The van der Waals surface area contributed by atoms with E-state index in [0.717, 1.165) is 13.1 Å². The van der Waals surface area contributed by atoms with Crippen LogP contribution in [0, 0.1) is 0 Å². The molecule has 0 radical (unpaired) electrons. The number of carbonyl (C=O) groups excluding carboxylic acids is 2. The van der Waals surface area contributed by atoms with Crippen LogP contribution in [0.3, 0.4) is 0 Å². The second kappa shape index (κ2) is 9.54. The van der Waals surface area contributed by atoms with E-state index in [9.17, 15) is 19.2 Å². The maximum Gasteiger partial charge on any atom is 0.410 e. The van der Waals surface area contributed by atoms with E-state index in [1.807, 2.05) is 20.8 Å². The van der Waals surface area contributed by atoms with Crippen LogP contribution in [0.15, 0.2) is 21.9 Å². The van der Waals surface area contributed by atoms with Gasteiger partial charge in [0.1, 0.15) is 5.60 Å². The van der Waals surface area contributed by atoms with Crippen LogP contribution < -0.4 is 16.6 Å². The van der Waals surface area contributed by atoms with Gasteiger partial charge in [-0.1, -0.05) is 0 Å². The molecule has 2 heterocycles. The van der Waals surface area contributed by atoms with E-state index in [4.69, 9.17) is 4.74 Å². The molecular formula is C18H29N5O5. The Labute approximate surface area is 163 Å². The zero-order chi connectivity index (χ0) is 20.7. The van der Waals surface area contributed by atoms with Gasteiger partial charge in [-0.25, -0.2) is 9.59 Å². The molecule has 10 heteroatoms. The molecule has 1 fully saturated rings. The standard InChI is InChI=1S/C18H29N5O5/c1-18(2,3)28-17(27)23-12-10-21(11-13-23)9-6-19-14(24)4-7-22-8-5-15(25)20-16(22)26/h5,8H,4,6-7,9-13H2,1-3H3,(H,19,24)(H,20,25,26). The van der Waals surface area contributed by atoms with Gasteiger partial charge in [0.25, 0.3) is 5.56 Å². The molecule has 1 aliphatic rings. The molecule has 0 spiro atoms. The Hall–Kier alpha value is -2.62. The van der Waals surface area contributed by atoms with Crippen LogP contribution in [0.1, 0.15) is 27.2 Å². The third-order valence-electron chi connectivity index (χ3n) is 4.25. The fraction of sp³-hybridized carbons (Fsp3) is 0.667. The number of rotatable bonds is 6. The number of nitrogens with zero attached hydrogens (tertiary/aromatic N) is 3. The van der Waals surface area contributed by atoms with Crippen LogP contribution >= 0.6 is 0 Å². The molecule has 0 saturated carbocycles. The van der Waals surface area contributed by atoms with Crippen molar-refractivity contribution in [3.05, 3.63) is 33.1 Å². The average molecular weight is 395 g/mol. The molecular weight excluding hydrogens is 366 g/mol. The first-order valence-electron chi connectivity index (χ1n) is 9.41. The molecule has 2 rings (SSSR count). The minimum atomic E-state index is -0.525. The molecule has 156 valence electrons. The van der Waals surface area contributed by atoms with E-state index in [1.165, 1.54) is 16.8 Å². The smallest absolute Gasteiger partial charge is 0.410 e. The average Bonchev–Trinajstić information content (AvgIpc) is 2.60. The number of aryl methyl sites for hydroxylation is 1. The number of carbonyl (C=O) groups is 2. The van der Waals surface area contributed by atoms with Crippen molar-refractivity contribution in [1.29, 1.82) is 0 Å². The summed E-state index contributed by atoms with van der Waals surface area (Å²) in [5, 5.41) is 2.82. The van der Waals surface area contributed by atoms with Crippen molar-refractivity contribution in [2.45, 2.75) is 39.3 Å². The predicted octanol–water partition coefficient (Wildman–Crippen LogP) is -0.404. The van der Waals surface area contributed by atoms with E-state index in [-0.39, 0.29) is 25.0 Å². The molecule has 2 amide bonds. The molecule has 10 nitrogen and oxygen atoms in total. The molecule has 0 atom stereocenters. The maximum atomic E-state index is 12.0. The first-order valence-corrected chi connectivity index (χ1v) is 9.41. The Bertz CT molecular complexity index is 787. The fourth-order valence-electron chi connectivity index (χ4n) is 2.76. The highest BCUT2D eigenvalue weighted by Gasteiger charge is 2.25. The van der Waals surface area contributed by atoms with Gasteiger partial charge in [-0.15, -0.1) is 0 Å². The molecule has 2 N–H and O–H groups in total. The number of aromatic amines is 1. The summed E-state index contributed by atoms with van der Waals surface area (Å²) < 4.78 is 6.66. The van der Waals surface area contributed by atoms with Crippen LogP contribution in [0.5, 0.6) is 0 Å². The van der Waals surface area contributed by atoms with Crippen molar-refractivity contribution >= 4 is 12.0 Å². The van der Waals surface area contributed by atoms with Crippen LogP contribution in [0.25, 0.3) is 0 Å². The van der Waals surface area contributed by atoms with Crippen molar-refractivity contribution in [3.8, 4) is 0 Å². The Balaban J connectivity index is 1.63. The van der Waals surface area contributed by atoms with Crippen LogP contribution in [-0.2, 0) is 16.1 Å². The lowest BCUT2D eigenvalue weighted by molar-refractivity contribution is -0.121. The van der Waals surface area contributed by atoms with Gasteiger partial charge in [0.05, 0.1) is 0 Å². The van der Waals surface area contributed by atoms with Crippen molar-refractivity contribution < 1.29 is 14.3 Å². The normalized spacial score (nSPS) is 15.3. The minimum absolute atomic E-state index is 0.151. The summed E-state index contributed by atoms with van der Waals surface area (Å²) in [6.45, 7) is 9.56. The van der Waals surface area contributed by atoms with Gasteiger partial charge in [-0.3, -0.25) is 19.5 Å². The van der Waals surface area contributed by atoms with Gasteiger partial charge in [0, 0.05) is 64.5 Å². The summed E-state index contributed by atoms with van der Waals surface area (Å²) in [6.07, 6.45) is 1.23. The van der Waals surface area contributed by atoms with E-state index >= 15 is 0 Å². The van der Waals surface area contributed by atoms with Crippen LogP contribution in [0.4, 0.5) is 4.79 Å². The van der Waals surface area contributed by atoms with E-state index < -0.39 is 16.9 Å². The van der Waals surface area contributed by atoms with E-state index in [2.05, 4.69) is 15.2 Å². The number of piperazine rings is 1. The fourth-order valence-corrected chi connectivity index (χ4v) is 2.76. The zero-order valence-corrected chi connectivity index (χ0v) is 16.7. The monoisotopic (exact) mass is 395 g/mol. The number of ether oxygens (including phenoxy) is 1. The number of nitrogens with one attached hydrogen (secondary N) is 2. The third kappa shape index (κ3) is 7.18. The Kier molecular flexibility index (Phi) is 7.38. The lowest BCUT2D eigenvalue weighted by atomic mass is 10.2. The lowest BCUT2D eigenvalue weighted by Crippen LogP contribution is -2.51. The number of hydrogen-bond donors (Lipinski definition) is 2. The van der Waals surface area contributed by atoms with Gasteiger partial charge < -0.3 is 19.5 Å². The van der Waals surface area contributed by atoms with E-state index in [0.29, 0.717) is 26.2 Å². The first kappa shape index (κ1) is 21.7. The molecule has 1 aliphatic heterocycles. The second-order valence-electron chi connectivity index (χ2n) is 7.71. The summed E-state index contributed by atoms with van der Waals surface area (Å²) in [6, 6.07) is 1.25. The van der Waals surface area contributed by atoms with Gasteiger partial charge in [0.15, 0.2) is 0 Å². The van der Waals surface area contributed by atoms with Gasteiger partial charge in [-0.05, 0) is 20.8 Å². The molecule has 0 aromatic carbocycles. The molecule has 0 aliphatic carbocycles. The summed E-state index contributed by atoms with van der Waals surface area (Å²) in [5.41, 5.74) is -1.49. The molecule has 1 aromatic rings. The number of aromatic nitrogens is 2. The lowest BCUT2D eigenvalue weighted by Gasteiger charge is -2.35. The molecule has 1 aromatic heterocycles. The summed E-state index contributed by atoms with van der Waals surface area (Å²) >= 11 is 0. The minimum Gasteiger partial charge on any atom is -0.444 e. The molecule has 28 heavy (non-hydrogen) atoms. The van der Waals surface area contributed by atoms with Gasteiger partial charge in [0.2, 0.25) is 5.91 Å². The molecule has 0 unspecified atom stereocenters. The predicted molar refractivity (Wildman–Crippen MR) is 103 cm³/mol. The SMILES string of the molecule is CC(C)(C)OC(=O)N1CCN(CCNC(=O)CCn2ccc(=O)[nH]c2=O)CC1. The Morgan fingerprint density at radius 2 is 1.82 bits per heavy atom. The quantitative estimate of drug-likeness (QED) is 0.677. The van der Waals surface area contributed by atoms with Gasteiger partial charge in [-0.2, -0.15) is 0 Å². The maximum absolute atomic E-state index is 12.0. The van der Waals surface area contributed by atoms with Crippen molar-refractivity contribution in [2.75, 3.05) is 39.3 Å². The summed E-state index contributed by atoms with van der Waals surface area (Å²) in [7, 11) is 0. The number of H-pyrrole nitrogens is 1. The third-order valence-corrected chi connectivity index (χ3v) is 4.25. The topological polar surface area (TPSA) is 117 Å². The van der Waals surface area contributed by atoms with E-state index in [1.54, 1.807) is 4.90 Å². The largest absolute Gasteiger partial charge is 0.444 e. The highest BCUT2D eigenvalue weighted by atomic mass is 16.6. The van der Waals surface area contributed by atoms with Crippen molar-refractivity contribution in [2.24, 2.45) is 0 Å². The highest BCUT2D eigenvalue weighted by Crippen LogP contribution is 2.11. The van der Waals surface area contributed by atoms with Crippen molar-refractivity contribution in [1.82, 2.24) is 24.7 Å².